The number of methoxy groups -OCH3 is 1. The fourth-order valence-corrected chi connectivity index (χ4v) is 3.31. The van der Waals surface area contributed by atoms with E-state index in [1.54, 1.807) is 17.1 Å². The van der Waals surface area contributed by atoms with E-state index in [4.69, 9.17) is 9.47 Å². The van der Waals surface area contributed by atoms with Crippen molar-refractivity contribution in [3.05, 3.63) is 20.7 Å². The average molecular weight is 299 g/mol. The van der Waals surface area contributed by atoms with E-state index in [2.05, 4.69) is 0 Å². The summed E-state index contributed by atoms with van der Waals surface area (Å²) >= 11 is 1.16. The zero-order valence-electron chi connectivity index (χ0n) is 12.0. The van der Waals surface area contributed by atoms with Crippen molar-refractivity contribution in [3.63, 3.8) is 0 Å². The van der Waals surface area contributed by atoms with Gasteiger partial charge in [0.2, 0.25) is 0 Å². The highest BCUT2D eigenvalue weighted by atomic mass is 32.1. The van der Waals surface area contributed by atoms with E-state index in [-0.39, 0.29) is 29.5 Å². The molecule has 1 aliphatic rings. The van der Waals surface area contributed by atoms with Gasteiger partial charge in [0.25, 0.3) is 0 Å². The number of esters is 1. The Morgan fingerprint density at radius 1 is 1.45 bits per heavy atom. The molecule has 0 aliphatic heterocycles. The Kier molecular flexibility index (Phi) is 5.37. The first-order valence-electron chi connectivity index (χ1n) is 6.97. The highest BCUT2D eigenvalue weighted by molar-refractivity contribution is 7.07. The van der Waals surface area contributed by atoms with Crippen LogP contribution in [-0.4, -0.2) is 29.9 Å². The lowest BCUT2D eigenvalue weighted by atomic mass is 9.95. The second-order valence-corrected chi connectivity index (χ2v) is 6.00. The van der Waals surface area contributed by atoms with E-state index in [1.807, 2.05) is 6.92 Å². The third kappa shape index (κ3) is 3.93. The molecule has 20 heavy (non-hydrogen) atoms. The molecule has 1 fully saturated rings. The van der Waals surface area contributed by atoms with Crippen molar-refractivity contribution in [3.8, 4) is 0 Å². The maximum absolute atomic E-state index is 11.8. The van der Waals surface area contributed by atoms with Crippen LogP contribution in [0, 0.1) is 6.92 Å². The van der Waals surface area contributed by atoms with Gasteiger partial charge in [0, 0.05) is 31.1 Å². The second-order valence-electron chi connectivity index (χ2n) is 5.18. The maximum Gasteiger partial charge on any atom is 0.307 e. The predicted molar refractivity (Wildman–Crippen MR) is 77.1 cm³/mol. The van der Waals surface area contributed by atoms with Crippen LogP contribution in [0.4, 0.5) is 0 Å². The van der Waals surface area contributed by atoms with E-state index in [1.165, 1.54) is 0 Å². The van der Waals surface area contributed by atoms with Gasteiger partial charge in [-0.3, -0.25) is 9.59 Å². The number of hydrogen-bond acceptors (Lipinski definition) is 5. The van der Waals surface area contributed by atoms with Gasteiger partial charge in [-0.25, -0.2) is 0 Å². The SMILES string of the molecule is CO[C@H]1CCC[C@H](OC(=O)CCn2c(C)csc2=O)C1. The van der Waals surface area contributed by atoms with Gasteiger partial charge in [0.15, 0.2) is 0 Å². The van der Waals surface area contributed by atoms with E-state index in [0.29, 0.717) is 6.54 Å². The number of ether oxygens (including phenoxy) is 2. The van der Waals surface area contributed by atoms with Crippen molar-refractivity contribution >= 4 is 17.3 Å². The second kappa shape index (κ2) is 7.04. The molecule has 1 heterocycles. The molecule has 0 aromatic carbocycles. The molecule has 0 amide bonds. The number of nitrogens with zero attached hydrogens (tertiary/aromatic N) is 1. The van der Waals surface area contributed by atoms with Crippen molar-refractivity contribution in [2.75, 3.05) is 7.11 Å². The van der Waals surface area contributed by atoms with Crippen LogP contribution in [0.2, 0.25) is 0 Å². The van der Waals surface area contributed by atoms with Crippen LogP contribution >= 0.6 is 11.3 Å². The van der Waals surface area contributed by atoms with E-state index >= 15 is 0 Å². The van der Waals surface area contributed by atoms with E-state index in [0.717, 1.165) is 42.7 Å². The van der Waals surface area contributed by atoms with Crippen molar-refractivity contribution in [2.45, 2.75) is 57.8 Å². The minimum atomic E-state index is -0.232. The number of rotatable bonds is 5. The van der Waals surface area contributed by atoms with Crippen LogP contribution in [0.25, 0.3) is 0 Å². The van der Waals surface area contributed by atoms with Crippen molar-refractivity contribution in [2.24, 2.45) is 0 Å². The summed E-state index contributed by atoms with van der Waals surface area (Å²) in [6.07, 6.45) is 4.15. The molecule has 0 saturated heterocycles. The van der Waals surface area contributed by atoms with Crippen molar-refractivity contribution < 1.29 is 14.3 Å². The van der Waals surface area contributed by atoms with Crippen LogP contribution in [0.5, 0.6) is 0 Å². The number of aryl methyl sites for hydroxylation is 1. The van der Waals surface area contributed by atoms with Gasteiger partial charge in [0.1, 0.15) is 6.10 Å². The van der Waals surface area contributed by atoms with Crippen LogP contribution in [-0.2, 0) is 20.8 Å². The standard InChI is InChI=1S/C14H21NO4S/c1-10-9-20-14(17)15(10)7-6-13(16)19-12-5-3-4-11(8-12)18-2/h9,11-12H,3-8H2,1-2H3/t11-,12-/m0/s1. The van der Waals surface area contributed by atoms with Gasteiger partial charge in [-0.1, -0.05) is 11.3 Å². The smallest absolute Gasteiger partial charge is 0.307 e. The summed E-state index contributed by atoms with van der Waals surface area (Å²) in [5, 5.41) is 1.80. The molecule has 5 nitrogen and oxygen atoms in total. The number of hydrogen-bond donors (Lipinski definition) is 0. The first kappa shape index (κ1) is 15.3. The zero-order chi connectivity index (χ0) is 14.5. The first-order chi connectivity index (χ1) is 9.60. The Hall–Kier alpha value is -1.14. The Morgan fingerprint density at radius 3 is 2.85 bits per heavy atom. The topological polar surface area (TPSA) is 57.5 Å². The molecule has 1 saturated carbocycles. The van der Waals surface area contributed by atoms with Crippen molar-refractivity contribution in [1.29, 1.82) is 0 Å². The zero-order valence-corrected chi connectivity index (χ0v) is 12.8. The summed E-state index contributed by atoms with van der Waals surface area (Å²) in [7, 11) is 1.70. The van der Waals surface area contributed by atoms with Gasteiger partial charge >= 0.3 is 10.8 Å². The molecule has 0 spiro atoms. The lowest BCUT2D eigenvalue weighted by Gasteiger charge is -2.27. The molecule has 0 bridgehead atoms. The summed E-state index contributed by atoms with van der Waals surface area (Å²) in [5.74, 6) is -0.232. The van der Waals surface area contributed by atoms with Crippen LogP contribution in [0.3, 0.4) is 0 Å². The predicted octanol–water partition coefficient (Wildman–Crippen LogP) is 2.11. The van der Waals surface area contributed by atoms with Gasteiger partial charge in [-0.05, 0) is 26.2 Å². The van der Waals surface area contributed by atoms with E-state index in [9.17, 15) is 9.59 Å². The minimum Gasteiger partial charge on any atom is -0.462 e. The average Bonchev–Trinajstić information content (AvgIpc) is 2.76. The molecule has 1 aliphatic carbocycles. The Bertz CT molecular complexity index is 508. The maximum atomic E-state index is 11.8. The molecular formula is C14H21NO4S. The molecule has 0 radical (unpaired) electrons. The molecular weight excluding hydrogens is 278 g/mol. The van der Waals surface area contributed by atoms with Gasteiger partial charge in [-0.2, -0.15) is 0 Å². The normalized spacial score (nSPS) is 22.7. The molecule has 1 aromatic rings. The lowest BCUT2D eigenvalue weighted by molar-refractivity contribution is -0.152. The third-order valence-electron chi connectivity index (χ3n) is 3.73. The minimum absolute atomic E-state index is 0.0209. The molecule has 112 valence electrons. The Morgan fingerprint density at radius 2 is 2.20 bits per heavy atom. The summed E-state index contributed by atoms with van der Waals surface area (Å²) < 4.78 is 12.4. The van der Waals surface area contributed by atoms with Crippen LogP contribution in [0.1, 0.15) is 37.8 Å². The highest BCUT2D eigenvalue weighted by Gasteiger charge is 2.24. The molecule has 6 heteroatoms. The van der Waals surface area contributed by atoms with E-state index < -0.39 is 0 Å². The highest BCUT2D eigenvalue weighted by Crippen LogP contribution is 2.23. The number of aromatic nitrogens is 1. The molecule has 2 atom stereocenters. The summed E-state index contributed by atoms with van der Waals surface area (Å²) in [4.78, 5) is 23.4. The number of carbonyl (C=O) groups excluding carboxylic acids is 1. The van der Waals surface area contributed by atoms with Crippen molar-refractivity contribution in [1.82, 2.24) is 4.57 Å². The molecule has 2 rings (SSSR count). The Balaban J connectivity index is 1.79. The summed E-state index contributed by atoms with van der Waals surface area (Å²) in [5.41, 5.74) is 0.893. The van der Waals surface area contributed by atoms with Gasteiger partial charge in [-0.15, -0.1) is 0 Å². The fourth-order valence-electron chi connectivity index (χ4n) is 2.55. The lowest BCUT2D eigenvalue weighted by Crippen LogP contribution is -2.30. The van der Waals surface area contributed by atoms with Gasteiger partial charge < -0.3 is 14.0 Å². The number of carbonyl (C=O) groups is 1. The number of thiazole rings is 1. The Labute approximate surface area is 122 Å². The quantitative estimate of drug-likeness (QED) is 0.781. The summed E-state index contributed by atoms with van der Waals surface area (Å²) in [6.45, 7) is 2.26. The molecule has 0 N–H and O–H groups in total. The van der Waals surface area contributed by atoms with Gasteiger partial charge in [0.05, 0.1) is 12.5 Å². The summed E-state index contributed by atoms with van der Waals surface area (Å²) in [6, 6.07) is 0. The molecule has 1 aromatic heterocycles. The molecule has 0 unspecified atom stereocenters. The van der Waals surface area contributed by atoms with Crippen LogP contribution in [0.15, 0.2) is 10.2 Å². The monoisotopic (exact) mass is 299 g/mol. The fraction of sp³-hybridized carbons (Fsp3) is 0.714. The first-order valence-corrected chi connectivity index (χ1v) is 7.85. The third-order valence-corrected chi connectivity index (χ3v) is 4.61. The van der Waals surface area contributed by atoms with Crippen LogP contribution < -0.4 is 4.87 Å². The largest absolute Gasteiger partial charge is 0.462 e.